The minimum Gasteiger partial charge on any atom is -0.353 e. The molecule has 1 unspecified atom stereocenters. The molecule has 0 aromatic heterocycles. The summed E-state index contributed by atoms with van der Waals surface area (Å²) in [4.78, 5) is 10.2. The molecule has 1 aliphatic rings. The molecule has 1 fully saturated rings. The van der Waals surface area contributed by atoms with Crippen LogP contribution in [0.15, 0.2) is 0 Å². The fourth-order valence-electron chi connectivity index (χ4n) is 1.25. The van der Waals surface area contributed by atoms with Crippen molar-refractivity contribution in [1.82, 2.24) is 0 Å². The molecule has 0 saturated carbocycles. The zero-order valence-electron chi connectivity index (χ0n) is 7.78. The third-order valence-electron chi connectivity index (χ3n) is 2.07. The summed E-state index contributed by atoms with van der Waals surface area (Å²) >= 11 is 0. The van der Waals surface area contributed by atoms with Crippen LogP contribution in [0.2, 0.25) is 0 Å². The molecule has 0 aromatic rings. The van der Waals surface area contributed by atoms with Gasteiger partial charge in [-0.25, -0.2) is 0 Å². The standard InChI is InChI=1S/C9H17NO3/c10-8(7-11)4-6-13-9-3-1-2-5-12-9/h7-9H,1-6,10H2/t8-,9?/m0/s1. The maximum Gasteiger partial charge on any atom is 0.157 e. The van der Waals surface area contributed by atoms with Gasteiger partial charge in [0.2, 0.25) is 0 Å². The van der Waals surface area contributed by atoms with Crippen LogP contribution in [0.5, 0.6) is 0 Å². The van der Waals surface area contributed by atoms with Gasteiger partial charge in [0.25, 0.3) is 0 Å². The molecule has 0 radical (unpaired) electrons. The van der Waals surface area contributed by atoms with E-state index in [0.29, 0.717) is 13.0 Å². The number of hydrogen-bond donors (Lipinski definition) is 1. The third kappa shape index (κ3) is 4.36. The van der Waals surface area contributed by atoms with Crippen LogP contribution in [-0.4, -0.2) is 31.8 Å². The number of rotatable bonds is 5. The van der Waals surface area contributed by atoms with Crippen LogP contribution >= 0.6 is 0 Å². The third-order valence-corrected chi connectivity index (χ3v) is 2.07. The highest BCUT2D eigenvalue weighted by atomic mass is 16.7. The lowest BCUT2D eigenvalue weighted by atomic mass is 10.2. The van der Waals surface area contributed by atoms with E-state index >= 15 is 0 Å². The SMILES string of the molecule is N[C@H](C=O)CCOC1CCCCO1. The first-order valence-electron chi connectivity index (χ1n) is 4.77. The number of carbonyl (C=O) groups excluding carboxylic acids is 1. The largest absolute Gasteiger partial charge is 0.353 e. The van der Waals surface area contributed by atoms with E-state index in [0.717, 1.165) is 32.2 Å². The average Bonchev–Trinajstić information content (AvgIpc) is 2.19. The van der Waals surface area contributed by atoms with E-state index in [9.17, 15) is 4.79 Å². The molecule has 0 bridgehead atoms. The van der Waals surface area contributed by atoms with E-state index < -0.39 is 6.04 Å². The van der Waals surface area contributed by atoms with Crippen molar-refractivity contribution in [3.8, 4) is 0 Å². The second kappa shape index (κ2) is 6.07. The normalized spacial score (nSPS) is 25.5. The van der Waals surface area contributed by atoms with Gasteiger partial charge in [0.1, 0.15) is 6.29 Å². The van der Waals surface area contributed by atoms with Crippen molar-refractivity contribution in [3.63, 3.8) is 0 Å². The highest BCUT2D eigenvalue weighted by molar-refractivity contribution is 5.56. The minimum atomic E-state index is -0.399. The monoisotopic (exact) mass is 187 g/mol. The van der Waals surface area contributed by atoms with E-state index in [2.05, 4.69) is 0 Å². The smallest absolute Gasteiger partial charge is 0.157 e. The lowest BCUT2D eigenvalue weighted by Crippen LogP contribution is -2.27. The zero-order valence-corrected chi connectivity index (χ0v) is 7.78. The molecule has 0 aliphatic carbocycles. The summed E-state index contributed by atoms with van der Waals surface area (Å²) in [7, 11) is 0. The Balaban J connectivity index is 2.01. The van der Waals surface area contributed by atoms with E-state index in [-0.39, 0.29) is 6.29 Å². The number of aldehydes is 1. The molecule has 0 amide bonds. The first-order chi connectivity index (χ1) is 6.33. The van der Waals surface area contributed by atoms with E-state index in [1.165, 1.54) is 0 Å². The second-order valence-electron chi connectivity index (χ2n) is 3.26. The molecule has 1 aliphatic heterocycles. The Morgan fingerprint density at radius 2 is 2.46 bits per heavy atom. The van der Waals surface area contributed by atoms with E-state index in [1.807, 2.05) is 0 Å². The van der Waals surface area contributed by atoms with Crippen LogP contribution in [0.4, 0.5) is 0 Å². The number of carbonyl (C=O) groups is 1. The molecule has 2 atom stereocenters. The van der Waals surface area contributed by atoms with Crippen LogP contribution in [-0.2, 0) is 14.3 Å². The average molecular weight is 187 g/mol. The summed E-state index contributed by atoms with van der Waals surface area (Å²) in [6, 6.07) is -0.399. The highest BCUT2D eigenvalue weighted by Crippen LogP contribution is 2.13. The maximum absolute atomic E-state index is 10.2. The Bertz CT molecular complexity index is 146. The predicted octanol–water partition coefficient (Wildman–Crippen LogP) is 0.446. The van der Waals surface area contributed by atoms with Gasteiger partial charge < -0.3 is 20.0 Å². The zero-order chi connectivity index (χ0) is 9.52. The maximum atomic E-state index is 10.2. The quantitative estimate of drug-likeness (QED) is 0.635. The fourth-order valence-corrected chi connectivity index (χ4v) is 1.25. The van der Waals surface area contributed by atoms with Gasteiger partial charge in [-0.05, 0) is 25.7 Å². The number of ether oxygens (including phenoxy) is 2. The summed E-state index contributed by atoms with van der Waals surface area (Å²) in [5.74, 6) is 0. The van der Waals surface area contributed by atoms with Crippen molar-refractivity contribution < 1.29 is 14.3 Å². The number of hydrogen-bond acceptors (Lipinski definition) is 4. The Morgan fingerprint density at radius 3 is 3.08 bits per heavy atom. The van der Waals surface area contributed by atoms with Gasteiger partial charge in [0.15, 0.2) is 6.29 Å². The van der Waals surface area contributed by atoms with Crippen molar-refractivity contribution in [2.45, 2.75) is 38.0 Å². The van der Waals surface area contributed by atoms with Crippen molar-refractivity contribution in [2.24, 2.45) is 5.73 Å². The molecule has 2 N–H and O–H groups in total. The Morgan fingerprint density at radius 1 is 1.62 bits per heavy atom. The van der Waals surface area contributed by atoms with Crippen LogP contribution in [0.3, 0.4) is 0 Å². The Hall–Kier alpha value is -0.450. The first-order valence-corrected chi connectivity index (χ1v) is 4.77. The van der Waals surface area contributed by atoms with Crippen LogP contribution < -0.4 is 5.73 Å². The van der Waals surface area contributed by atoms with E-state index in [4.69, 9.17) is 15.2 Å². The molecule has 4 nitrogen and oxygen atoms in total. The predicted molar refractivity (Wildman–Crippen MR) is 48.2 cm³/mol. The summed E-state index contributed by atoms with van der Waals surface area (Å²) in [5, 5.41) is 0. The Labute approximate surface area is 78.4 Å². The molecule has 76 valence electrons. The summed E-state index contributed by atoms with van der Waals surface area (Å²) < 4.78 is 10.7. The van der Waals surface area contributed by atoms with Gasteiger partial charge in [-0.15, -0.1) is 0 Å². The van der Waals surface area contributed by atoms with E-state index in [1.54, 1.807) is 0 Å². The van der Waals surface area contributed by atoms with Crippen LogP contribution in [0.1, 0.15) is 25.7 Å². The molecule has 1 saturated heterocycles. The summed E-state index contributed by atoms with van der Waals surface area (Å²) in [6.07, 6.45) is 4.47. The highest BCUT2D eigenvalue weighted by Gasteiger charge is 2.13. The Kier molecular flexibility index (Phi) is 4.97. The molecule has 1 rings (SSSR count). The van der Waals surface area contributed by atoms with Gasteiger partial charge in [-0.1, -0.05) is 0 Å². The van der Waals surface area contributed by atoms with Crippen LogP contribution in [0.25, 0.3) is 0 Å². The molecule has 1 heterocycles. The second-order valence-corrected chi connectivity index (χ2v) is 3.26. The van der Waals surface area contributed by atoms with Crippen molar-refractivity contribution in [3.05, 3.63) is 0 Å². The fraction of sp³-hybridized carbons (Fsp3) is 0.889. The van der Waals surface area contributed by atoms with Gasteiger partial charge in [0.05, 0.1) is 12.6 Å². The van der Waals surface area contributed by atoms with Gasteiger partial charge in [-0.2, -0.15) is 0 Å². The first kappa shape index (κ1) is 10.6. The van der Waals surface area contributed by atoms with Gasteiger partial charge in [0, 0.05) is 6.61 Å². The molecular weight excluding hydrogens is 170 g/mol. The molecule has 0 aromatic carbocycles. The molecule has 4 heteroatoms. The molecular formula is C9H17NO3. The van der Waals surface area contributed by atoms with Gasteiger partial charge >= 0.3 is 0 Å². The summed E-state index contributed by atoms with van der Waals surface area (Å²) in [5.41, 5.74) is 5.40. The van der Waals surface area contributed by atoms with Crippen LogP contribution in [0, 0.1) is 0 Å². The van der Waals surface area contributed by atoms with Crippen molar-refractivity contribution in [2.75, 3.05) is 13.2 Å². The molecule has 0 spiro atoms. The lowest BCUT2D eigenvalue weighted by molar-refractivity contribution is -0.163. The minimum absolute atomic E-state index is 0.0763. The summed E-state index contributed by atoms with van der Waals surface area (Å²) in [6.45, 7) is 1.29. The van der Waals surface area contributed by atoms with Gasteiger partial charge in [-0.3, -0.25) is 0 Å². The number of nitrogens with two attached hydrogens (primary N) is 1. The molecule has 13 heavy (non-hydrogen) atoms. The van der Waals surface area contributed by atoms with Crippen molar-refractivity contribution >= 4 is 6.29 Å². The van der Waals surface area contributed by atoms with Crippen molar-refractivity contribution in [1.29, 1.82) is 0 Å². The lowest BCUT2D eigenvalue weighted by Gasteiger charge is -2.22. The topological polar surface area (TPSA) is 61.6 Å².